The van der Waals surface area contributed by atoms with Crippen molar-refractivity contribution in [3.8, 4) is 5.88 Å². The lowest BCUT2D eigenvalue weighted by atomic mass is 9.33. The first-order valence-corrected chi connectivity index (χ1v) is 25.9. The van der Waals surface area contributed by atoms with Gasteiger partial charge in [0.1, 0.15) is 12.0 Å². The predicted octanol–water partition coefficient (Wildman–Crippen LogP) is 10.1. The summed E-state index contributed by atoms with van der Waals surface area (Å²) in [5.41, 5.74) is 4.07. The molecular formula is C50H71N3O5S2. The number of hydrogen-bond acceptors (Lipinski definition) is 8. The Morgan fingerprint density at radius 3 is 2.43 bits per heavy atom. The normalized spacial score (nSPS) is 40.9. The molecule has 7 aliphatic rings. The maximum Gasteiger partial charge on any atom is 0.313 e. The Bertz CT molecular complexity index is 2200. The van der Waals surface area contributed by atoms with Crippen LogP contribution in [-0.2, 0) is 14.6 Å². The van der Waals surface area contributed by atoms with Gasteiger partial charge in [0.25, 0.3) is 0 Å². The van der Waals surface area contributed by atoms with Gasteiger partial charge in [0.15, 0.2) is 9.84 Å². The lowest BCUT2D eigenvalue weighted by molar-refractivity contribution is -0.221. The van der Waals surface area contributed by atoms with Gasteiger partial charge in [-0.25, -0.2) is 8.42 Å². The molecule has 0 spiro atoms. The molecule has 2 aromatic rings. The number of carbonyl (C=O) groups is 1. The van der Waals surface area contributed by atoms with E-state index in [0.29, 0.717) is 72.9 Å². The molecule has 1 saturated heterocycles. The van der Waals surface area contributed by atoms with Crippen molar-refractivity contribution in [3.05, 3.63) is 59.7 Å². The van der Waals surface area contributed by atoms with Crippen LogP contribution in [0.5, 0.6) is 5.88 Å². The largest absolute Gasteiger partial charge is 0.481 e. The van der Waals surface area contributed by atoms with Crippen LogP contribution in [0.2, 0.25) is 0 Å². The van der Waals surface area contributed by atoms with Gasteiger partial charge in [0.2, 0.25) is 5.88 Å². The molecule has 0 amide bonds. The van der Waals surface area contributed by atoms with Crippen LogP contribution < -0.4 is 10.1 Å². The Kier molecular flexibility index (Phi) is 10.7. The molecular weight excluding hydrogens is 787 g/mol. The van der Waals surface area contributed by atoms with Gasteiger partial charge in [-0.1, -0.05) is 71.1 Å². The van der Waals surface area contributed by atoms with Crippen molar-refractivity contribution in [2.75, 3.05) is 44.3 Å². The number of allylic oxidation sites excluding steroid dienone is 5. The van der Waals surface area contributed by atoms with Crippen molar-refractivity contribution < 1.29 is 23.1 Å². The smallest absolute Gasteiger partial charge is 0.313 e. The molecule has 0 radical (unpaired) electrons. The number of ether oxygens (including phenoxy) is 1. The fourth-order valence-corrected chi connectivity index (χ4v) is 17.7. The van der Waals surface area contributed by atoms with Gasteiger partial charge in [-0.05, 0) is 170 Å². The molecule has 2 N–H and O–H groups in total. The quantitative estimate of drug-likeness (QED) is 0.228. The highest BCUT2D eigenvalue weighted by molar-refractivity contribution is 7.91. The summed E-state index contributed by atoms with van der Waals surface area (Å²) in [5.74, 6) is 3.38. The minimum absolute atomic E-state index is 0.00215. The van der Waals surface area contributed by atoms with Crippen molar-refractivity contribution in [1.82, 2.24) is 14.6 Å². The van der Waals surface area contributed by atoms with Gasteiger partial charge in [-0.2, -0.15) is 4.37 Å². The van der Waals surface area contributed by atoms with Crippen LogP contribution in [0.25, 0.3) is 10.1 Å². The number of nitrogens with zero attached hydrogens (tertiary/aromatic N) is 2. The fourth-order valence-electron chi connectivity index (χ4n) is 15.7. The third kappa shape index (κ3) is 6.64. The molecule has 328 valence electrons. The van der Waals surface area contributed by atoms with Crippen LogP contribution in [0.1, 0.15) is 119 Å². The highest BCUT2D eigenvalue weighted by Gasteiger charge is 2.70. The molecule has 1 aliphatic heterocycles. The summed E-state index contributed by atoms with van der Waals surface area (Å²) in [6.45, 7) is 23.3. The first-order valence-electron chi connectivity index (χ1n) is 23.3. The van der Waals surface area contributed by atoms with E-state index in [-0.39, 0.29) is 33.8 Å². The number of carboxylic acids is 1. The third-order valence-electron chi connectivity index (χ3n) is 19.2. The monoisotopic (exact) mass is 857 g/mol. The third-order valence-corrected chi connectivity index (χ3v) is 21.6. The zero-order valence-electron chi connectivity index (χ0n) is 37.3. The number of rotatable bonds is 10. The van der Waals surface area contributed by atoms with E-state index in [2.05, 4.69) is 74.9 Å². The van der Waals surface area contributed by atoms with Crippen LogP contribution in [0, 0.1) is 56.7 Å². The van der Waals surface area contributed by atoms with Crippen molar-refractivity contribution in [1.29, 1.82) is 0 Å². The fraction of sp³-hybridized carbons (Fsp3) is 0.720. The van der Waals surface area contributed by atoms with Crippen molar-refractivity contribution in [2.45, 2.75) is 124 Å². The topological polar surface area (TPSA) is 109 Å². The highest BCUT2D eigenvalue weighted by atomic mass is 32.2. The van der Waals surface area contributed by atoms with Crippen molar-refractivity contribution >= 4 is 37.4 Å². The molecule has 6 aliphatic carbocycles. The molecule has 1 aromatic carbocycles. The number of hydrogen-bond donors (Lipinski definition) is 2. The zero-order chi connectivity index (χ0) is 42.5. The lowest BCUT2D eigenvalue weighted by Crippen LogP contribution is -2.68. The number of sulfone groups is 1. The van der Waals surface area contributed by atoms with Crippen LogP contribution in [0.15, 0.2) is 59.7 Å². The Morgan fingerprint density at radius 1 is 0.950 bits per heavy atom. The summed E-state index contributed by atoms with van der Waals surface area (Å²) in [4.78, 5) is 15.3. The summed E-state index contributed by atoms with van der Waals surface area (Å²) < 4.78 is 36.0. The second-order valence-corrected chi connectivity index (χ2v) is 25.2. The molecule has 60 heavy (non-hydrogen) atoms. The van der Waals surface area contributed by atoms with Crippen molar-refractivity contribution in [3.63, 3.8) is 0 Å². The van der Waals surface area contributed by atoms with Crippen LogP contribution in [0.3, 0.4) is 0 Å². The lowest BCUT2D eigenvalue weighted by Gasteiger charge is -2.72. The first-order chi connectivity index (χ1) is 28.4. The SMILES string of the molecule is C=C(C)C1CC[C@]2(NCCN3CCS(=O)(=O)CC3)CC[C@]3(C)[C@H](CC[C@@H]4[C@@]5(C)CC=C(C6=CCC(COc7nsc8ccccc78)(C(=O)O)CC6)C(C)(C)[C@@H]5CC[C@]43C)[C@@H]12. The Hall–Kier alpha value is -2.53. The van der Waals surface area contributed by atoms with E-state index < -0.39 is 21.2 Å². The molecule has 5 fully saturated rings. The molecule has 1 aromatic heterocycles. The summed E-state index contributed by atoms with van der Waals surface area (Å²) in [6, 6.07) is 7.99. The molecule has 0 bridgehead atoms. The van der Waals surface area contributed by atoms with Gasteiger partial charge in [0, 0.05) is 31.7 Å². The first kappa shape index (κ1) is 42.8. The van der Waals surface area contributed by atoms with Gasteiger partial charge < -0.3 is 20.1 Å². The van der Waals surface area contributed by atoms with E-state index >= 15 is 0 Å². The molecule has 4 saturated carbocycles. The molecule has 2 heterocycles. The van der Waals surface area contributed by atoms with Crippen LogP contribution >= 0.6 is 11.5 Å². The minimum Gasteiger partial charge on any atom is -0.481 e. The molecule has 2 unspecified atom stereocenters. The minimum atomic E-state index is -2.88. The van der Waals surface area contributed by atoms with E-state index in [9.17, 15) is 18.3 Å². The van der Waals surface area contributed by atoms with Crippen molar-refractivity contribution in [2.24, 2.45) is 56.7 Å². The van der Waals surface area contributed by atoms with Gasteiger partial charge >= 0.3 is 5.97 Å². The van der Waals surface area contributed by atoms with Crippen LogP contribution in [0.4, 0.5) is 0 Å². The van der Waals surface area contributed by atoms with E-state index in [0.717, 1.165) is 36.0 Å². The Balaban J connectivity index is 0.929. The average Bonchev–Trinajstić information content (AvgIpc) is 3.80. The Labute approximate surface area is 364 Å². The second kappa shape index (κ2) is 15.0. The summed E-state index contributed by atoms with van der Waals surface area (Å²) in [6.07, 6.45) is 17.8. The van der Waals surface area contributed by atoms with E-state index in [1.54, 1.807) is 0 Å². The summed E-state index contributed by atoms with van der Waals surface area (Å²) in [7, 11) is -2.88. The number of benzene rings is 1. The van der Waals surface area contributed by atoms with Gasteiger partial charge in [-0.3, -0.25) is 4.79 Å². The number of nitrogens with one attached hydrogen (secondary N) is 1. The standard InChI is InChI=1S/C50H71N3O5S2/c1-33(2)35-16-23-50(51-26-27-53-28-30-60(56,57)31-29-53)25-24-47(6)38(42(35)50)12-13-41-46(5)19-17-37(45(3,4)40(46)18-20-48(41,47)7)34-14-21-49(22-15-34,44(54)55)32-58-43-36-10-8-9-11-39(36)59-52-43/h8-11,14,17,35,38,40-42,51H,1,12-13,15-16,18-32H2,2-7H3,(H,54,55)/t35?,38-,40+,41-,42-,46+,47-,48-,49?,50+/m1/s1. The number of fused-ring (bicyclic) bond motifs is 8. The molecule has 8 nitrogen and oxygen atoms in total. The van der Waals surface area contributed by atoms with E-state index in [1.165, 1.54) is 79.6 Å². The summed E-state index contributed by atoms with van der Waals surface area (Å²) in [5, 5.41) is 15.8. The molecule has 10 heteroatoms. The Morgan fingerprint density at radius 2 is 1.72 bits per heavy atom. The van der Waals surface area contributed by atoms with Gasteiger partial charge in [-0.15, -0.1) is 0 Å². The van der Waals surface area contributed by atoms with E-state index in [1.807, 2.05) is 24.3 Å². The molecule has 10 atom stereocenters. The highest BCUT2D eigenvalue weighted by Crippen LogP contribution is 2.76. The molecule has 9 rings (SSSR count). The predicted molar refractivity (Wildman–Crippen MR) is 243 cm³/mol. The second-order valence-electron chi connectivity index (χ2n) is 22.1. The number of carboxylic acid groups (broad SMARTS) is 1. The summed E-state index contributed by atoms with van der Waals surface area (Å²) >= 11 is 1.40. The van der Waals surface area contributed by atoms with Gasteiger partial charge in [0.05, 0.1) is 21.6 Å². The maximum absolute atomic E-state index is 12.9. The number of aliphatic carboxylic acids is 1. The van der Waals surface area contributed by atoms with E-state index in [4.69, 9.17) is 4.74 Å². The van der Waals surface area contributed by atoms with Crippen LogP contribution in [-0.4, -0.2) is 78.6 Å². The zero-order valence-corrected chi connectivity index (χ0v) is 38.9. The maximum atomic E-state index is 12.9. The number of aromatic nitrogens is 1. The average molecular weight is 858 g/mol.